The maximum absolute atomic E-state index is 8.92. The van der Waals surface area contributed by atoms with E-state index in [0.29, 0.717) is 5.75 Å². The summed E-state index contributed by atoms with van der Waals surface area (Å²) in [6.07, 6.45) is -1.06. The standard InChI is InChI=1S/C7H8O.C5H12O3/c1-6-4-2-3-5-7(6)8;1-4(6)5(7-2)8-3/h2-5,8H,1H3;4-6H,1-3H3. The molecule has 92 valence electrons. The Morgan fingerprint density at radius 1 is 1.12 bits per heavy atom. The smallest absolute Gasteiger partial charge is 0.182 e. The van der Waals surface area contributed by atoms with Crippen LogP contribution in [0.4, 0.5) is 0 Å². The van der Waals surface area contributed by atoms with Gasteiger partial charge in [0.15, 0.2) is 6.29 Å². The lowest BCUT2D eigenvalue weighted by molar-refractivity contribution is -0.158. The van der Waals surface area contributed by atoms with Gasteiger partial charge in [0.1, 0.15) is 11.9 Å². The molecule has 1 aromatic carbocycles. The number of phenols is 1. The average molecular weight is 228 g/mol. The fraction of sp³-hybridized carbons (Fsp3) is 0.500. The van der Waals surface area contributed by atoms with Crippen LogP contribution in [-0.2, 0) is 9.47 Å². The Morgan fingerprint density at radius 3 is 1.81 bits per heavy atom. The molecule has 0 fully saturated rings. The summed E-state index contributed by atoms with van der Waals surface area (Å²) in [5.74, 6) is 0.368. The van der Waals surface area contributed by atoms with Crippen molar-refractivity contribution in [3.63, 3.8) is 0 Å². The van der Waals surface area contributed by atoms with E-state index < -0.39 is 12.4 Å². The Balaban J connectivity index is 0.000000281. The van der Waals surface area contributed by atoms with Gasteiger partial charge in [-0.15, -0.1) is 0 Å². The molecule has 0 aliphatic rings. The first-order valence-electron chi connectivity index (χ1n) is 5.01. The second kappa shape index (κ2) is 8.10. The van der Waals surface area contributed by atoms with Gasteiger partial charge in [0.05, 0.1) is 0 Å². The van der Waals surface area contributed by atoms with Gasteiger partial charge in [-0.2, -0.15) is 0 Å². The topological polar surface area (TPSA) is 58.9 Å². The molecule has 0 saturated carbocycles. The highest BCUT2D eigenvalue weighted by Gasteiger charge is 2.10. The summed E-state index contributed by atoms with van der Waals surface area (Å²) in [5, 5.41) is 17.7. The van der Waals surface area contributed by atoms with Crippen LogP contribution >= 0.6 is 0 Å². The molecule has 1 rings (SSSR count). The van der Waals surface area contributed by atoms with Crippen molar-refractivity contribution in [1.29, 1.82) is 0 Å². The van der Waals surface area contributed by atoms with Gasteiger partial charge in [0.2, 0.25) is 0 Å². The lowest BCUT2D eigenvalue weighted by Crippen LogP contribution is -2.26. The maximum Gasteiger partial charge on any atom is 0.182 e. The number of aryl methyl sites for hydroxylation is 1. The predicted molar refractivity (Wildman–Crippen MR) is 62.3 cm³/mol. The summed E-state index contributed by atoms with van der Waals surface area (Å²) >= 11 is 0. The first-order valence-corrected chi connectivity index (χ1v) is 5.01. The Bertz CT molecular complexity index is 261. The van der Waals surface area contributed by atoms with Crippen LogP contribution in [-0.4, -0.2) is 36.8 Å². The molecule has 4 heteroatoms. The number of rotatable bonds is 3. The largest absolute Gasteiger partial charge is 0.508 e. The highest BCUT2D eigenvalue weighted by atomic mass is 16.7. The first kappa shape index (κ1) is 14.9. The Kier molecular flexibility index (Phi) is 7.54. The number of methoxy groups -OCH3 is 2. The normalized spacial score (nSPS) is 11.9. The van der Waals surface area contributed by atoms with Gasteiger partial charge in [-0.25, -0.2) is 0 Å². The van der Waals surface area contributed by atoms with Crippen LogP contribution in [0.5, 0.6) is 5.75 Å². The number of benzene rings is 1. The van der Waals surface area contributed by atoms with Gasteiger partial charge in [-0.05, 0) is 25.5 Å². The van der Waals surface area contributed by atoms with E-state index in [4.69, 9.17) is 10.2 Å². The number of para-hydroxylation sites is 1. The van der Waals surface area contributed by atoms with Crippen molar-refractivity contribution in [1.82, 2.24) is 0 Å². The molecule has 0 radical (unpaired) electrons. The summed E-state index contributed by atoms with van der Waals surface area (Å²) in [5.41, 5.74) is 0.924. The minimum atomic E-state index is -0.565. The zero-order valence-electron chi connectivity index (χ0n) is 10.2. The highest BCUT2D eigenvalue weighted by molar-refractivity contribution is 5.29. The Hall–Kier alpha value is -1.10. The van der Waals surface area contributed by atoms with E-state index in [1.807, 2.05) is 25.1 Å². The number of phenolic OH excluding ortho intramolecular Hbond substituents is 1. The van der Waals surface area contributed by atoms with Gasteiger partial charge >= 0.3 is 0 Å². The van der Waals surface area contributed by atoms with Crippen LogP contribution in [0.2, 0.25) is 0 Å². The van der Waals surface area contributed by atoms with Crippen molar-refractivity contribution < 1.29 is 19.7 Å². The summed E-state index contributed by atoms with van der Waals surface area (Å²) in [4.78, 5) is 0. The minimum Gasteiger partial charge on any atom is -0.508 e. The maximum atomic E-state index is 8.92. The fourth-order valence-corrected chi connectivity index (χ4v) is 1.05. The number of aromatic hydroxyl groups is 1. The third-order valence-corrected chi connectivity index (χ3v) is 1.97. The van der Waals surface area contributed by atoms with E-state index in [1.165, 1.54) is 14.2 Å². The number of aliphatic hydroxyl groups is 1. The molecule has 0 amide bonds. The van der Waals surface area contributed by atoms with E-state index in [2.05, 4.69) is 9.47 Å². The van der Waals surface area contributed by atoms with E-state index in [1.54, 1.807) is 13.0 Å². The van der Waals surface area contributed by atoms with Crippen molar-refractivity contribution in [3.05, 3.63) is 29.8 Å². The van der Waals surface area contributed by atoms with Gasteiger partial charge in [-0.1, -0.05) is 18.2 Å². The Morgan fingerprint density at radius 2 is 1.62 bits per heavy atom. The highest BCUT2D eigenvalue weighted by Crippen LogP contribution is 2.12. The minimum absolute atomic E-state index is 0.368. The number of hydrogen-bond acceptors (Lipinski definition) is 4. The second-order valence-corrected chi connectivity index (χ2v) is 3.37. The second-order valence-electron chi connectivity index (χ2n) is 3.37. The van der Waals surface area contributed by atoms with Crippen molar-refractivity contribution >= 4 is 0 Å². The molecule has 0 bridgehead atoms. The fourth-order valence-electron chi connectivity index (χ4n) is 1.05. The Labute approximate surface area is 96.4 Å². The van der Waals surface area contributed by atoms with Crippen molar-refractivity contribution in [3.8, 4) is 5.75 Å². The molecular formula is C12H20O4. The van der Waals surface area contributed by atoms with E-state index in [9.17, 15) is 0 Å². The van der Waals surface area contributed by atoms with Gasteiger partial charge in [-0.3, -0.25) is 0 Å². The SMILES string of the molecule is COC(OC)C(C)O.Cc1ccccc1O. The molecular weight excluding hydrogens is 208 g/mol. The number of ether oxygens (including phenoxy) is 2. The van der Waals surface area contributed by atoms with E-state index >= 15 is 0 Å². The van der Waals surface area contributed by atoms with Crippen LogP contribution < -0.4 is 0 Å². The summed E-state index contributed by atoms with van der Waals surface area (Å²) < 4.78 is 9.38. The molecule has 16 heavy (non-hydrogen) atoms. The molecule has 0 aliphatic heterocycles. The lowest BCUT2D eigenvalue weighted by Gasteiger charge is -2.14. The molecule has 1 unspecified atom stereocenters. The number of hydrogen-bond donors (Lipinski definition) is 2. The molecule has 0 aliphatic carbocycles. The van der Waals surface area contributed by atoms with E-state index in [-0.39, 0.29) is 0 Å². The van der Waals surface area contributed by atoms with Crippen LogP contribution in [0.3, 0.4) is 0 Å². The quantitative estimate of drug-likeness (QED) is 0.773. The van der Waals surface area contributed by atoms with Gasteiger partial charge in [0, 0.05) is 14.2 Å². The molecule has 1 aromatic rings. The van der Waals surface area contributed by atoms with Crippen LogP contribution in [0, 0.1) is 6.92 Å². The number of aliphatic hydroxyl groups excluding tert-OH is 1. The molecule has 0 heterocycles. The molecule has 1 atom stereocenters. The monoisotopic (exact) mass is 228 g/mol. The lowest BCUT2D eigenvalue weighted by atomic mass is 10.2. The van der Waals surface area contributed by atoms with Crippen LogP contribution in [0.1, 0.15) is 12.5 Å². The molecule has 0 saturated heterocycles. The van der Waals surface area contributed by atoms with Crippen molar-refractivity contribution in [2.45, 2.75) is 26.2 Å². The van der Waals surface area contributed by atoms with E-state index in [0.717, 1.165) is 5.56 Å². The molecule has 0 aromatic heterocycles. The molecule has 4 nitrogen and oxygen atoms in total. The zero-order chi connectivity index (χ0) is 12.6. The van der Waals surface area contributed by atoms with Gasteiger partial charge < -0.3 is 19.7 Å². The third kappa shape index (κ3) is 5.70. The molecule has 2 N–H and O–H groups in total. The average Bonchev–Trinajstić information content (AvgIpc) is 2.25. The summed E-state index contributed by atoms with van der Waals surface area (Å²) in [6.45, 7) is 3.48. The summed E-state index contributed by atoms with van der Waals surface area (Å²) in [7, 11) is 2.97. The molecule has 0 spiro atoms. The summed E-state index contributed by atoms with van der Waals surface area (Å²) in [6, 6.07) is 7.25. The van der Waals surface area contributed by atoms with Gasteiger partial charge in [0.25, 0.3) is 0 Å². The zero-order valence-corrected chi connectivity index (χ0v) is 10.2. The van der Waals surface area contributed by atoms with Crippen molar-refractivity contribution in [2.75, 3.05) is 14.2 Å². The third-order valence-electron chi connectivity index (χ3n) is 1.97. The van der Waals surface area contributed by atoms with Crippen LogP contribution in [0.15, 0.2) is 24.3 Å². The van der Waals surface area contributed by atoms with Crippen molar-refractivity contribution in [2.24, 2.45) is 0 Å². The predicted octanol–water partition coefficient (Wildman–Crippen LogP) is 1.69. The van der Waals surface area contributed by atoms with Crippen LogP contribution in [0.25, 0.3) is 0 Å². The first-order chi connectivity index (χ1) is 7.52.